The minimum Gasteiger partial charge on any atom is -0.497 e. The molecule has 1 aromatic carbocycles. The van der Waals surface area contributed by atoms with E-state index < -0.39 is 43.0 Å². The number of carbonyl (C=O) groups excluding carboxylic acids is 3. The van der Waals surface area contributed by atoms with Gasteiger partial charge in [-0.15, -0.1) is 0 Å². The maximum atomic E-state index is 13.0. The molecule has 15 heteroatoms. The van der Waals surface area contributed by atoms with E-state index in [9.17, 15) is 31.2 Å². The minimum atomic E-state index is -3.50. The highest BCUT2D eigenvalue weighted by atomic mass is 35.7. The van der Waals surface area contributed by atoms with Gasteiger partial charge in [0, 0.05) is 22.6 Å². The lowest BCUT2D eigenvalue weighted by atomic mass is 10.0. The summed E-state index contributed by atoms with van der Waals surface area (Å²) in [5.74, 6) is -0.657. The van der Waals surface area contributed by atoms with Crippen LogP contribution in [0.2, 0.25) is 0 Å². The molecule has 2 amide bonds. The lowest BCUT2D eigenvalue weighted by Gasteiger charge is -2.23. The number of nitrogens with one attached hydrogen (secondary N) is 2. The van der Waals surface area contributed by atoms with Crippen LogP contribution in [-0.4, -0.2) is 83.5 Å². The molecule has 2 aromatic rings. The average Bonchev–Trinajstić information content (AvgIpc) is 3.14. The number of amides is 2. The van der Waals surface area contributed by atoms with Gasteiger partial charge in [0.25, 0.3) is 5.91 Å². The van der Waals surface area contributed by atoms with Gasteiger partial charge >= 0.3 is 0 Å². The van der Waals surface area contributed by atoms with E-state index in [0.717, 1.165) is 16.8 Å². The molecule has 1 fully saturated rings. The number of hydrogen-bond acceptors (Lipinski definition) is 9. The zero-order valence-electron chi connectivity index (χ0n) is 22.4. The minimum absolute atomic E-state index is 0.0548. The van der Waals surface area contributed by atoms with Crippen molar-refractivity contribution in [3.05, 3.63) is 30.0 Å². The van der Waals surface area contributed by atoms with Crippen LogP contribution in [0.15, 0.2) is 28.7 Å². The topological polar surface area (TPSA) is 169 Å². The zero-order chi connectivity index (χ0) is 29.5. The molecule has 1 saturated heterocycles. The molecule has 0 radical (unpaired) electrons. The van der Waals surface area contributed by atoms with Crippen LogP contribution in [0.1, 0.15) is 43.7 Å². The molecule has 0 spiro atoms. The van der Waals surface area contributed by atoms with Crippen LogP contribution in [0.4, 0.5) is 0 Å². The van der Waals surface area contributed by atoms with Crippen molar-refractivity contribution in [1.29, 1.82) is 0 Å². The highest BCUT2D eigenvalue weighted by Crippen LogP contribution is 2.24. The monoisotopic (exact) mass is 607 g/mol. The van der Waals surface area contributed by atoms with Crippen molar-refractivity contribution in [2.24, 2.45) is 5.92 Å². The molecule has 1 aliphatic heterocycles. The van der Waals surface area contributed by atoms with Crippen molar-refractivity contribution in [2.45, 2.75) is 45.2 Å². The predicted molar refractivity (Wildman–Crippen MR) is 147 cm³/mol. The summed E-state index contributed by atoms with van der Waals surface area (Å²) >= 11 is 0. The summed E-state index contributed by atoms with van der Waals surface area (Å²) in [7, 11) is -0.653. The molecule has 1 aromatic heterocycles. The third-order valence-corrected chi connectivity index (χ3v) is 6.93. The maximum absolute atomic E-state index is 13.0. The largest absolute Gasteiger partial charge is 0.497 e. The van der Waals surface area contributed by atoms with Gasteiger partial charge in [-0.2, -0.15) is 4.31 Å². The van der Waals surface area contributed by atoms with E-state index in [1.807, 2.05) is 13.8 Å². The van der Waals surface area contributed by atoms with Gasteiger partial charge in [0.05, 0.1) is 32.2 Å². The summed E-state index contributed by atoms with van der Waals surface area (Å²) in [5.41, 5.74) is 0.510. The Morgan fingerprint density at radius 2 is 1.82 bits per heavy atom. The number of ether oxygens (including phenoxy) is 1. The van der Waals surface area contributed by atoms with Crippen LogP contribution >= 0.6 is 10.7 Å². The molecule has 3 rings (SSSR count). The number of nitrogens with zero attached hydrogens (tertiary/aromatic N) is 1. The second-order valence-corrected chi connectivity index (χ2v) is 14.6. The molecule has 1 unspecified atom stereocenters. The van der Waals surface area contributed by atoms with Crippen LogP contribution in [0.3, 0.4) is 0 Å². The molecule has 218 valence electrons. The van der Waals surface area contributed by atoms with Crippen molar-refractivity contribution in [3.63, 3.8) is 0 Å². The average molecular weight is 608 g/mol. The normalized spacial score (nSPS) is 17.6. The number of benzene rings is 1. The van der Waals surface area contributed by atoms with Crippen LogP contribution in [0, 0.1) is 5.92 Å². The molecular formula is C24H34ClN3O9S2. The first-order chi connectivity index (χ1) is 18.0. The smallest absolute Gasteiger partial charge is 0.287 e. The molecule has 2 atom stereocenters. The second-order valence-electron chi connectivity index (χ2n) is 9.62. The van der Waals surface area contributed by atoms with E-state index >= 15 is 0 Å². The van der Waals surface area contributed by atoms with Crippen LogP contribution in [0.5, 0.6) is 5.75 Å². The number of fused-ring (bicyclic) bond motifs is 1. The fourth-order valence-corrected chi connectivity index (χ4v) is 4.72. The fourth-order valence-electron chi connectivity index (χ4n) is 3.90. The number of furan rings is 1. The fraction of sp³-hybridized carbons (Fsp3) is 0.542. The molecule has 2 heterocycles. The van der Waals surface area contributed by atoms with Gasteiger partial charge in [-0.25, -0.2) is 16.8 Å². The summed E-state index contributed by atoms with van der Waals surface area (Å²) in [6.45, 7) is 3.77. The van der Waals surface area contributed by atoms with Crippen molar-refractivity contribution in [2.75, 3.05) is 32.7 Å². The summed E-state index contributed by atoms with van der Waals surface area (Å²) in [5, 5.41) is 6.11. The quantitative estimate of drug-likeness (QED) is 0.425. The highest BCUT2D eigenvalue weighted by molar-refractivity contribution is 8.13. The van der Waals surface area contributed by atoms with Crippen molar-refractivity contribution in [3.8, 4) is 5.75 Å². The number of hydrogen-bond donors (Lipinski definition) is 2. The Kier molecular flexibility index (Phi) is 11.3. The molecule has 0 bridgehead atoms. The molecular weight excluding hydrogens is 574 g/mol. The lowest BCUT2D eigenvalue weighted by Crippen LogP contribution is -2.52. The second kappa shape index (κ2) is 13.6. The Labute approximate surface area is 232 Å². The number of methoxy groups -OCH3 is 1. The van der Waals surface area contributed by atoms with Gasteiger partial charge in [0.1, 0.15) is 17.4 Å². The van der Waals surface area contributed by atoms with Gasteiger partial charge in [-0.1, -0.05) is 13.8 Å². The first kappa shape index (κ1) is 32.5. The molecule has 12 nitrogen and oxygen atoms in total. The van der Waals surface area contributed by atoms with Gasteiger partial charge in [-0.05, 0) is 49.4 Å². The first-order valence-corrected chi connectivity index (χ1v) is 16.6. The standard InChI is InChI=1S/C23H31N3O7S.CH3ClO2S/c1-14(2)10-18(22(28)24-17-6-5-9-26(13-19(17)27)34(4,30)31)25-23(29)21-12-15-11-16(32-3)7-8-20(15)33-21;1-5(2,3)4/h7-8,11-12,14,17-18H,5-6,9-10,13H2,1-4H3,(H,24,28)(H,25,29);1H3/t17?,18-;/m0./s1. The zero-order valence-corrected chi connectivity index (χ0v) is 24.8. The van der Waals surface area contributed by atoms with E-state index in [-0.39, 0.29) is 30.6 Å². The number of halogens is 1. The van der Waals surface area contributed by atoms with Crippen molar-refractivity contribution in [1.82, 2.24) is 14.9 Å². The number of Topliss-reactive ketones (excluding diaryl/α,β-unsaturated/α-hetero) is 1. The lowest BCUT2D eigenvalue weighted by molar-refractivity contribution is -0.129. The summed E-state index contributed by atoms with van der Waals surface area (Å²) < 4.78 is 54.4. The molecule has 2 N–H and O–H groups in total. The van der Waals surface area contributed by atoms with Gasteiger partial charge in [0.15, 0.2) is 11.5 Å². The van der Waals surface area contributed by atoms with Gasteiger partial charge < -0.3 is 19.8 Å². The molecule has 0 saturated carbocycles. The highest BCUT2D eigenvalue weighted by Gasteiger charge is 2.32. The number of rotatable bonds is 8. The maximum Gasteiger partial charge on any atom is 0.287 e. The van der Waals surface area contributed by atoms with E-state index in [4.69, 9.17) is 9.15 Å². The van der Waals surface area contributed by atoms with Crippen LogP contribution in [-0.2, 0) is 28.7 Å². The Balaban J connectivity index is 0.000000976. The Morgan fingerprint density at radius 1 is 1.18 bits per heavy atom. The molecule has 39 heavy (non-hydrogen) atoms. The van der Waals surface area contributed by atoms with Gasteiger partial charge in [0.2, 0.25) is 25.0 Å². The third kappa shape index (κ3) is 10.8. The Hall–Kier alpha value is -2.68. The van der Waals surface area contributed by atoms with Crippen molar-refractivity contribution >= 4 is 58.3 Å². The number of sulfonamides is 1. The van der Waals surface area contributed by atoms with Crippen LogP contribution in [0.25, 0.3) is 11.0 Å². The van der Waals surface area contributed by atoms with Crippen LogP contribution < -0.4 is 15.4 Å². The number of carbonyl (C=O) groups is 3. The van der Waals surface area contributed by atoms with E-state index in [1.165, 1.54) is 0 Å². The molecule has 0 aliphatic carbocycles. The number of ketones is 1. The summed E-state index contributed by atoms with van der Waals surface area (Å²) in [6.07, 6.45) is 3.09. The summed E-state index contributed by atoms with van der Waals surface area (Å²) in [6, 6.07) is 5.02. The molecule has 1 aliphatic rings. The van der Waals surface area contributed by atoms with Crippen molar-refractivity contribution < 1.29 is 40.4 Å². The van der Waals surface area contributed by atoms with E-state index in [2.05, 4.69) is 21.3 Å². The SMILES string of the molecule is COc1ccc2oc(C(=O)N[C@@H](CC(C)C)C(=O)NC3CCCN(S(C)(=O)=O)CC3=O)cc2c1.CS(=O)(=O)Cl. The predicted octanol–water partition coefficient (Wildman–Crippen LogP) is 1.88. The Bertz CT molecular complexity index is 1400. The third-order valence-electron chi connectivity index (χ3n) is 5.68. The van der Waals surface area contributed by atoms with E-state index in [1.54, 1.807) is 31.4 Å². The van der Waals surface area contributed by atoms with Gasteiger partial charge in [-0.3, -0.25) is 14.4 Å². The summed E-state index contributed by atoms with van der Waals surface area (Å²) in [4.78, 5) is 38.5. The first-order valence-electron chi connectivity index (χ1n) is 12.0. The van der Waals surface area contributed by atoms with E-state index in [0.29, 0.717) is 36.0 Å². The Morgan fingerprint density at radius 3 is 2.38 bits per heavy atom.